The minimum absolute atomic E-state index is 0.128. The van der Waals surface area contributed by atoms with E-state index in [9.17, 15) is 9.90 Å². The summed E-state index contributed by atoms with van der Waals surface area (Å²) in [5.41, 5.74) is 3.07. The van der Waals surface area contributed by atoms with Gasteiger partial charge in [0.25, 0.3) is 0 Å². The summed E-state index contributed by atoms with van der Waals surface area (Å²) in [6.07, 6.45) is 5.97. The van der Waals surface area contributed by atoms with Crippen molar-refractivity contribution in [3.05, 3.63) is 77.4 Å². The van der Waals surface area contributed by atoms with Crippen LogP contribution in [0.5, 0.6) is 5.88 Å². The van der Waals surface area contributed by atoms with Gasteiger partial charge in [-0.05, 0) is 30.7 Å². The van der Waals surface area contributed by atoms with Gasteiger partial charge in [0.2, 0.25) is 11.6 Å². The molecule has 0 radical (unpaired) electrons. The first-order chi connectivity index (χ1) is 19.6. The summed E-state index contributed by atoms with van der Waals surface area (Å²) < 4.78 is 13.6. The van der Waals surface area contributed by atoms with Crippen LogP contribution in [-0.2, 0) is 24.4 Å². The lowest BCUT2D eigenvalue weighted by molar-refractivity contribution is -0.0592. The van der Waals surface area contributed by atoms with Crippen molar-refractivity contribution in [2.45, 2.75) is 32.2 Å². The zero-order valence-corrected chi connectivity index (χ0v) is 21.8. The number of carboxylic acid groups (broad SMARTS) is 1. The van der Waals surface area contributed by atoms with E-state index in [2.05, 4.69) is 34.2 Å². The first kappa shape index (κ1) is 25.7. The van der Waals surface area contributed by atoms with Crippen LogP contribution >= 0.6 is 0 Å². The number of carboxylic acids is 1. The Bertz CT molecular complexity index is 1550. The Morgan fingerprint density at radius 2 is 1.98 bits per heavy atom. The Morgan fingerprint density at radius 1 is 1.12 bits per heavy atom. The molecule has 5 heterocycles. The molecule has 0 unspecified atom stereocenters. The number of hydrogen-bond acceptors (Lipinski definition) is 9. The second-order valence-electron chi connectivity index (χ2n) is 9.82. The van der Waals surface area contributed by atoms with Gasteiger partial charge >= 0.3 is 5.97 Å². The Balaban J connectivity index is 1.10. The van der Waals surface area contributed by atoms with Gasteiger partial charge in [-0.1, -0.05) is 6.07 Å². The van der Waals surface area contributed by atoms with E-state index in [1.807, 2.05) is 0 Å². The molecule has 12 heteroatoms. The standard InChI is InChI=1S/C28H28N8O4/c1-29-20-3-4-21(31-13-20)18-40-27-15-30-14-25(33-27)35-9-7-34(8-10-35)17-26-32-23-5-2-19(28(37)38)12-24(23)36(26)16-22-6-11-39-22/h2-5,12-15,22H,6-11,16-18H2,(H,37,38)/t22-/m0/s1. The number of anilines is 1. The Morgan fingerprint density at radius 3 is 2.67 bits per heavy atom. The molecule has 3 aromatic heterocycles. The normalized spacial score (nSPS) is 17.4. The van der Waals surface area contributed by atoms with Crippen molar-refractivity contribution in [1.29, 1.82) is 0 Å². The van der Waals surface area contributed by atoms with Gasteiger partial charge in [-0.15, -0.1) is 0 Å². The molecule has 12 nitrogen and oxygen atoms in total. The van der Waals surface area contributed by atoms with Gasteiger partial charge in [-0.3, -0.25) is 14.9 Å². The minimum Gasteiger partial charge on any atom is -0.478 e. The molecule has 2 fully saturated rings. The van der Waals surface area contributed by atoms with Gasteiger partial charge in [0.05, 0.1) is 60.5 Å². The molecule has 204 valence electrons. The maximum atomic E-state index is 11.6. The number of nitrogens with zero attached hydrogens (tertiary/aromatic N) is 8. The summed E-state index contributed by atoms with van der Waals surface area (Å²) in [4.78, 5) is 37.5. The van der Waals surface area contributed by atoms with E-state index in [0.29, 0.717) is 30.4 Å². The largest absolute Gasteiger partial charge is 0.478 e. The van der Waals surface area contributed by atoms with Crippen LogP contribution < -0.4 is 9.64 Å². The molecule has 4 aromatic rings. The molecule has 0 bridgehead atoms. The Kier molecular flexibility index (Phi) is 7.22. The molecular weight excluding hydrogens is 512 g/mol. The Hall–Kier alpha value is -4.60. The number of imidazole rings is 1. The van der Waals surface area contributed by atoms with E-state index < -0.39 is 5.97 Å². The number of benzene rings is 1. The van der Waals surface area contributed by atoms with Crippen LogP contribution in [0.1, 0.15) is 28.3 Å². The number of aromatic nitrogens is 5. The van der Waals surface area contributed by atoms with Crippen LogP contribution in [-0.4, -0.2) is 79.4 Å². The average molecular weight is 541 g/mol. The lowest BCUT2D eigenvalue weighted by Gasteiger charge is -2.35. The Labute approximate surface area is 230 Å². The van der Waals surface area contributed by atoms with Crippen LogP contribution in [0.3, 0.4) is 0 Å². The molecular formula is C28H28N8O4. The second-order valence-corrected chi connectivity index (χ2v) is 9.82. The summed E-state index contributed by atoms with van der Waals surface area (Å²) in [5.74, 6) is 1.14. The highest BCUT2D eigenvalue weighted by molar-refractivity contribution is 5.92. The smallest absolute Gasteiger partial charge is 0.335 e. The highest BCUT2D eigenvalue weighted by Gasteiger charge is 2.25. The van der Waals surface area contributed by atoms with E-state index in [1.54, 1.807) is 42.7 Å². The van der Waals surface area contributed by atoms with Crippen molar-refractivity contribution in [1.82, 2.24) is 29.4 Å². The van der Waals surface area contributed by atoms with Crippen molar-refractivity contribution in [2.24, 2.45) is 0 Å². The van der Waals surface area contributed by atoms with Crippen molar-refractivity contribution in [3.63, 3.8) is 0 Å². The number of hydrogen-bond donors (Lipinski definition) is 1. The van der Waals surface area contributed by atoms with Gasteiger partial charge < -0.3 is 24.0 Å². The molecule has 2 aliphatic heterocycles. The lowest BCUT2D eigenvalue weighted by atomic mass is 10.1. The molecule has 1 N–H and O–H groups in total. The highest BCUT2D eigenvalue weighted by atomic mass is 16.5. The van der Waals surface area contributed by atoms with E-state index in [4.69, 9.17) is 21.0 Å². The van der Waals surface area contributed by atoms with E-state index in [1.165, 1.54) is 6.20 Å². The minimum atomic E-state index is -0.947. The maximum Gasteiger partial charge on any atom is 0.335 e. The zero-order valence-electron chi connectivity index (χ0n) is 21.8. The molecule has 2 saturated heterocycles. The molecule has 6 rings (SSSR count). The second kappa shape index (κ2) is 11.3. The summed E-state index contributed by atoms with van der Waals surface area (Å²) in [6.45, 7) is 12.5. The van der Waals surface area contributed by atoms with Crippen LogP contribution in [0.2, 0.25) is 0 Å². The molecule has 0 spiro atoms. The monoisotopic (exact) mass is 540 g/mol. The number of ether oxygens (including phenoxy) is 2. The number of carbonyl (C=O) groups is 1. The average Bonchev–Trinajstić information content (AvgIpc) is 3.30. The summed E-state index contributed by atoms with van der Waals surface area (Å²) >= 11 is 0. The zero-order chi connectivity index (χ0) is 27.5. The van der Waals surface area contributed by atoms with Gasteiger partial charge in [0.15, 0.2) is 5.82 Å². The van der Waals surface area contributed by atoms with E-state index in [-0.39, 0.29) is 18.3 Å². The van der Waals surface area contributed by atoms with Gasteiger partial charge in [0.1, 0.15) is 12.4 Å². The quantitative estimate of drug-likeness (QED) is 0.317. The topological polar surface area (TPSA) is 123 Å². The van der Waals surface area contributed by atoms with E-state index >= 15 is 0 Å². The van der Waals surface area contributed by atoms with Crippen LogP contribution in [0, 0.1) is 6.57 Å². The van der Waals surface area contributed by atoms with E-state index in [0.717, 1.165) is 61.9 Å². The van der Waals surface area contributed by atoms with Crippen LogP contribution in [0.15, 0.2) is 48.9 Å². The fraction of sp³-hybridized carbons (Fsp3) is 0.357. The number of pyridine rings is 1. The molecule has 1 aromatic carbocycles. The van der Waals surface area contributed by atoms with Crippen molar-refractivity contribution in [3.8, 4) is 5.88 Å². The number of rotatable bonds is 9. The molecule has 40 heavy (non-hydrogen) atoms. The van der Waals surface area contributed by atoms with Crippen LogP contribution in [0.4, 0.5) is 11.5 Å². The van der Waals surface area contributed by atoms with Gasteiger partial charge in [-0.2, -0.15) is 4.98 Å². The fourth-order valence-corrected chi connectivity index (χ4v) is 4.87. The third kappa shape index (κ3) is 5.56. The number of fused-ring (bicyclic) bond motifs is 1. The van der Waals surface area contributed by atoms with Crippen molar-refractivity contribution < 1.29 is 19.4 Å². The van der Waals surface area contributed by atoms with Crippen LogP contribution in [0.25, 0.3) is 15.9 Å². The summed E-state index contributed by atoms with van der Waals surface area (Å²) in [5, 5.41) is 9.48. The third-order valence-corrected chi connectivity index (χ3v) is 7.22. The fourth-order valence-electron chi connectivity index (χ4n) is 4.87. The van der Waals surface area contributed by atoms with Crippen molar-refractivity contribution >= 4 is 28.5 Å². The third-order valence-electron chi connectivity index (χ3n) is 7.22. The van der Waals surface area contributed by atoms with Crippen molar-refractivity contribution in [2.75, 3.05) is 37.7 Å². The number of aromatic carboxylic acids is 1. The number of piperazine rings is 1. The highest BCUT2D eigenvalue weighted by Crippen LogP contribution is 2.24. The maximum absolute atomic E-state index is 11.6. The molecule has 0 aliphatic carbocycles. The first-order valence-corrected chi connectivity index (χ1v) is 13.1. The molecule has 1 atom stereocenters. The summed E-state index contributed by atoms with van der Waals surface area (Å²) in [7, 11) is 0. The SMILES string of the molecule is [C-]#[N+]c1ccc(COc2cncc(N3CCN(Cc4nc5ccc(C(=O)O)cc5n4C[C@@H]4CCO4)CC3)n2)nc1. The molecule has 0 saturated carbocycles. The van der Waals surface area contributed by atoms with Gasteiger partial charge in [-0.25, -0.2) is 14.6 Å². The molecule has 2 aliphatic rings. The lowest BCUT2D eigenvalue weighted by Crippen LogP contribution is -2.46. The predicted octanol–water partition coefficient (Wildman–Crippen LogP) is 3.16. The predicted molar refractivity (Wildman–Crippen MR) is 145 cm³/mol. The van der Waals surface area contributed by atoms with Gasteiger partial charge in [0, 0.05) is 39.0 Å². The first-order valence-electron chi connectivity index (χ1n) is 13.1. The summed E-state index contributed by atoms with van der Waals surface area (Å²) in [6, 6.07) is 8.57. The molecule has 0 amide bonds.